The molecule has 0 radical (unpaired) electrons. The molecule has 3 rings (SSSR count). The Labute approximate surface area is 185 Å². The highest BCUT2D eigenvalue weighted by atomic mass is 32.1. The highest BCUT2D eigenvalue weighted by Gasteiger charge is 2.15. The highest BCUT2D eigenvalue weighted by Crippen LogP contribution is 2.26. The summed E-state index contributed by atoms with van der Waals surface area (Å²) in [5, 5.41) is 12.3. The van der Waals surface area contributed by atoms with E-state index in [2.05, 4.69) is 31.2 Å². The van der Waals surface area contributed by atoms with E-state index in [1.165, 1.54) is 6.92 Å². The Morgan fingerprint density at radius 3 is 2.68 bits per heavy atom. The molecule has 9 heteroatoms. The van der Waals surface area contributed by atoms with E-state index >= 15 is 0 Å². The molecule has 0 aliphatic heterocycles. The van der Waals surface area contributed by atoms with Gasteiger partial charge < -0.3 is 21.3 Å². The number of carbonyl (C=O) groups excluding carboxylic acids is 2. The van der Waals surface area contributed by atoms with Gasteiger partial charge >= 0.3 is 0 Å². The van der Waals surface area contributed by atoms with Crippen LogP contribution in [0.25, 0.3) is 10.2 Å². The number of benzene rings is 1. The molecule has 0 fully saturated rings. The van der Waals surface area contributed by atoms with Crippen molar-refractivity contribution in [1.82, 2.24) is 20.6 Å². The maximum atomic E-state index is 12.7. The summed E-state index contributed by atoms with van der Waals surface area (Å²) >= 11 is 1.58. The van der Waals surface area contributed by atoms with Crippen molar-refractivity contribution in [1.29, 1.82) is 0 Å². The van der Waals surface area contributed by atoms with Gasteiger partial charge in [0.25, 0.3) is 5.91 Å². The van der Waals surface area contributed by atoms with Crippen LogP contribution in [0.2, 0.25) is 0 Å². The molecule has 2 aromatic heterocycles. The Bertz CT molecular complexity index is 1070. The molecule has 0 bridgehead atoms. The molecule has 2 amide bonds. The molecule has 1 atom stereocenters. The Hall–Kier alpha value is -3.20. The molecular weight excluding hydrogens is 412 g/mol. The molecule has 0 saturated heterocycles. The summed E-state index contributed by atoms with van der Waals surface area (Å²) in [5.74, 6) is 0.357. The van der Waals surface area contributed by atoms with E-state index in [-0.39, 0.29) is 23.9 Å². The van der Waals surface area contributed by atoms with Crippen molar-refractivity contribution in [3.8, 4) is 0 Å². The van der Waals surface area contributed by atoms with Gasteiger partial charge in [0.2, 0.25) is 5.91 Å². The number of fused-ring (bicyclic) bond motifs is 1. The predicted molar refractivity (Wildman–Crippen MR) is 126 cm³/mol. The number of rotatable bonds is 9. The Balaban J connectivity index is 1.71. The van der Waals surface area contributed by atoms with Crippen molar-refractivity contribution in [2.45, 2.75) is 46.2 Å². The van der Waals surface area contributed by atoms with Gasteiger partial charge in [-0.05, 0) is 45.4 Å². The second-order valence-electron chi connectivity index (χ2n) is 7.72. The van der Waals surface area contributed by atoms with Crippen LogP contribution in [-0.4, -0.2) is 40.4 Å². The van der Waals surface area contributed by atoms with Gasteiger partial charge in [-0.3, -0.25) is 9.59 Å². The molecule has 1 aromatic carbocycles. The molecule has 3 aromatic rings. The predicted octanol–water partition coefficient (Wildman–Crippen LogP) is 3.90. The monoisotopic (exact) mass is 440 g/mol. The van der Waals surface area contributed by atoms with Crippen molar-refractivity contribution in [3.63, 3.8) is 0 Å². The minimum Gasteiger partial charge on any atom is -0.382 e. The van der Waals surface area contributed by atoms with E-state index in [1.54, 1.807) is 17.5 Å². The number of carbonyl (C=O) groups is 2. The van der Waals surface area contributed by atoms with Crippen LogP contribution in [0.15, 0.2) is 36.0 Å². The number of nitrogens with zero attached hydrogens (tertiary/aromatic N) is 2. The number of hydrogen-bond donors (Lipinski definition) is 4. The molecule has 0 saturated carbocycles. The normalized spacial score (nSPS) is 11.9. The molecular formula is C22H28N6O2S. The number of aromatic nitrogens is 2. The van der Waals surface area contributed by atoms with Gasteiger partial charge in [0.15, 0.2) is 0 Å². The zero-order valence-corrected chi connectivity index (χ0v) is 19.0. The van der Waals surface area contributed by atoms with E-state index in [0.717, 1.165) is 15.9 Å². The standard InChI is InChI=1S/C22H28N6O2S/c1-13(2)26-19-10-21(28-16-5-6-18-20(9-16)31-12-25-18)24-11-17(19)22(30)23-8-7-14(3)27-15(4)29/h5-6,9-14H,7-8H2,1-4H3,(H,23,30)(H,27,29)(H2,24,26,28)/t14-/m0/s1. The highest BCUT2D eigenvalue weighted by molar-refractivity contribution is 7.16. The first kappa shape index (κ1) is 22.5. The molecule has 8 nitrogen and oxygen atoms in total. The van der Waals surface area contributed by atoms with Gasteiger partial charge in [-0.15, -0.1) is 11.3 Å². The first-order chi connectivity index (χ1) is 14.8. The van der Waals surface area contributed by atoms with E-state index < -0.39 is 0 Å². The van der Waals surface area contributed by atoms with Gasteiger partial charge in [-0.2, -0.15) is 0 Å². The zero-order chi connectivity index (χ0) is 22.4. The molecule has 31 heavy (non-hydrogen) atoms. The summed E-state index contributed by atoms with van der Waals surface area (Å²) in [6.45, 7) is 7.88. The third-order valence-corrected chi connectivity index (χ3v) is 5.30. The maximum absolute atomic E-state index is 12.7. The molecule has 0 aliphatic rings. The van der Waals surface area contributed by atoms with Gasteiger partial charge in [0.1, 0.15) is 5.82 Å². The fourth-order valence-corrected chi connectivity index (χ4v) is 3.85. The van der Waals surface area contributed by atoms with Crippen LogP contribution in [0.4, 0.5) is 17.2 Å². The van der Waals surface area contributed by atoms with E-state index in [9.17, 15) is 9.59 Å². The van der Waals surface area contributed by atoms with Gasteiger partial charge in [0.05, 0.1) is 27.0 Å². The number of anilines is 3. The molecule has 0 aliphatic carbocycles. The topological polar surface area (TPSA) is 108 Å². The third kappa shape index (κ3) is 6.39. The third-order valence-electron chi connectivity index (χ3n) is 4.51. The smallest absolute Gasteiger partial charge is 0.254 e. The van der Waals surface area contributed by atoms with Gasteiger partial charge in [-0.1, -0.05) is 0 Å². The molecule has 2 heterocycles. The van der Waals surface area contributed by atoms with Crippen molar-refractivity contribution < 1.29 is 9.59 Å². The van der Waals surface area contributed by atoms with Crippen LogP contribution in [0, 0.1) is 0 Å². The minimum atomic E-state index is -0.205. The first-order valence-corrected chi connectivity index (χ1v) is 11.1. The lowest BCUT2D eigenvalue weighted by atomic mass is 10.1. The summed E-state index contributed by atoms with van der Waals surface area (Å²) in [4.78, 5) is 32.6. The van der Waals surface area contributed by atoms with Crippen LogP contribution < -0.4 is 21.3 Å². The quantitative estimate of drug-likeness (QED) is 0.402. The van der Waals surface area contributed by atoms with Crippen molar-refractivity contribution in [2.24, 2.45) is 0 Å². The summed E-state index contributed by atoms with van der Waals surface area (Å²) in [5.41, 5.74) is 4.87. The second-order valence-corrected chi connectivity index (χ2v) is 8.61. The summed E-state index contributed by atoms with van der Waals surface area (Å²) in [6.07, 6.45) is 2.22. The maximum Gasteiger partial charge on any atom is 0.254 e. The second kappa shape index (κ2) is 10.2. The lowest BCUT2D eigenvalue weighted by Gasteiger charge is -2.17. The Morgan fingerprint density at radius 1 is 1.13 bits per heavy atom. The molecule has 0 spiro atoms. The van der Waals surface area contributed by atoms with E-state index in [1.807, 2.05) is 50.5 Å². The number of pyridine rings is 1. The van der Waals surface area contributed by atoms with Gasteiger partial charge in [0, 0.05) is 43.5 Å². The fourth-order valence-electron chi connectivity index (χ4n) is 3.13. The minimum absolute atomic E-state index is 0.00774. The largest absolute Gasteiger partial charge is 0.382 e. The van der Waals surface area contributed by atoms with Crippen molar-refractivity contribution >= 4 is 50.6 Å². The number of nitrogens with one attached hydrogen (secondary N) is 4. The Kier molecular flexibility index (Phi) is 7.41. The number of thiazole rings is 1. The van der Waals surface area contributed by atoms with Crippen LogP contribution >= 0.6 is 11.3 Å². The number of amides is 2. The molecule has 164 valence electrons. The van der Waals surface area contributed by atoms with Gasteiger partial charge in [-0.25, -0.2) is 9.97 Å². The fraction of sp³-hybridized carbons (Fsp3) is 0.364. The summed E-state index contributed by atoms with van der Waals surface area (Å²) in [6, 6.07) is 7.93. The summed E-state index contributed by atoms with van der Waals surface area (Å²) < 4.78 is 1.09. The van der Waals surface area contributed by atoms with Crippen LogP contribution in [0.3, 0.4) is 0 Å². The molecule has 4 N–H and O–H groups in total. The molecule has 0 unspecified atom stereocenters. The SMILES string of the molecule is CC(=O)N[C@@H](C)CCNC(=O)c1cnc(Nc2ccc3ncsc3c2)cc1NC(C)C. The van der Waals surface area contributed by atoms with Crippen molar-refractivity contribution in [2.75, 3.05) is 17.2 Å². The van der Waals surface area contributed by atoms with Crippen LogP contribution in [0.1, 0.15) is 44.5 Å². The van der Waals surface area contributed by atoms with Crippen LogP contribution in [0.5, 0.6) is 0 Å². The first-order valence-electron chi connectivity index (χ1n) is 10.2. The Morgan fingerprint density at radius 2 is 1.94 bits per heavy atom. The van der Waals surface area contributed by atoms with Crippen LogP contribution in [-0.2, 0) is 4.79 Å². The zero-order valence-electron chi connectivity index (χ0n) is 18.2. The van der Waals surface area contributed by atoms with E-state index in [0.29, 0.717) is 30.0 Å². The lowest BCUT2D eigenvalue weighted by molar-refractivity contribution is -0.119. The number of hydrogen-bond acceptors (Lipinski definition) is 7. The van der Waals surface area contributed by atoms with Crippen molar-refractivity contribution in [3.05, 3.63) is 41.5 Å². The average Bonchev–Trinajstić information content (AvgIpc) is 3.15. The summed E-state index contributed by atoms with van der Waals surface area (Å²) in [7, 11) is 0. The van der Waals surface area contributed by atoms with E-state index in [4.69, 9.17) is 0 Å². The lowest BCUT2D eigenvalue weighted by Crippen LogP contribution is -2.35. The average molecular weight is 441 g/mol.